The zero-order chi connectivity index (χ0) is 22.5. The average molecular weight is 428 g/mol. The van der Waals surface area contributed by atoms with Crippen LogP contribution in [-0.4, -0.2) is 25.8 Å². The molecule has 2 aromatic carbocycles. The molecule has 0 spiro atoms. The van der Waals surface area contributed by atoms with Crippen molar-refractivity contribution >= 4 is 17.4 Å². The highest BCUT2D eigenvalue weighted by atomic mass is 16.5. The molecule has 0 aliphatic heterocycles. The highest BCUT2D eigenvalue weighted by Gasteiger charge is 2.08. The zero-order valence-corrected chi connectivity index (χ0v) is 18.2. The minimum Gasteiger partial charge on any atom is -0.439 e. The highest BCUT2D eigenvalue weighted by Crippen LogP contribution is 2.23. The van der Waals surface area contributed by atoms with E-state index in [4.69, 9.17) is 4.74 Å². The first-order valence-electron chi connectivity index (χ1n) is 10.3. The number of urea groups is 1. The molecule has 0 saturated carbocycles. The predicted octanol–water partition coefficient (Wildman–Crippen LogP) is 5.28. The molecule has 0 saturated heterocycles. The number of nitrogens with zero attached hydrogens (tertiary/aromatic N) is 4. The lowest BCUT2D eigenvalue weighted by Gasteiger charge is -2.10. The third kappa shape index (κ3) is 5.10. The fourth-order valence-corrected chi connectivity index (χ4v) is 3.21. The number of amides is 2. The number of hydrogen-bond acceptors (Lipinski definition) is 5. The molecule has 0 fully saturated rings. The van der Waals surface area contributed by atoms with E-state index in [2.05, 4.69) is 32.6 Å². The van der Waals surface area contributed by atoms with Gasteiger partial charge in [0, 0.05) is 23.1 Å². The SMILES string of the molecule is CCc1ccc(NC(=O)Nc2ccc(Oc3cc(-n4nc(C)cc4C)ncn3)cc2)cc1. The van der Waals surface area contributed by atoms with Crippen LogP contribution < -0.4 is 15.4 Å². The van der Waals surface area contributed by atoms with Crippen LogP contribution in [0.25, 0.3) is 5.82 Å². The average Bonchev–Trinajstić information content (AvgIpc) is 3.14. The Hall–Kier alpha value is -4.20. The van der Waals surface area contributed by atoms with Crippen molar-refractivity contribution in [1.29, 1.82) is 0 Å². The van der Waals surface area contributed by atoms with E-state index in [1.54, 1.807) is 35.0 Å². The van der Waals surface area contributed by atoms with Crippen molar-refractivity contribution in [3.63, 3.8) is 0 Å². The lowest BCUT2D eigenvalue weighted by Crippen LogP contribution is -2.19. The summed E-state index contributed by atoms with van der Waals surface area (Å²) in [6.07, 6.45) is 2.40. The second kappa shape index (κ2) is 9.30. The molecule has 2 aromatic heterocycles. The first-order valence-corrected chi connectivity index (χ1v) is 10.3. The number of rotatable bonds is 6. The van der Waals surface area contributed by atoms with Gasteiger partial charge in [0.2, 0.25) is 5.88 Å². The maximum absolute atomic E-state index is 12.2. The summed E-state index contributed by atoms with van der Waals surface area (Å²) in [5.41, 5.74) is 4.49. The summed E-state index contributed by atoms with van der Waals surface area (Å²) in [5.74, 6) is 1.61. The first-order chi connectivity index (χ1) is 15.5. The van der Waals surface area contributed by atoms with Crippen LogP contribution in [0.2, 0.25) is 0 Å². The van der Waals surface area contributed by atoms with Gasteiger partial charge in [-0.05, 0) is 68.3 Å². The van der Waals surface area contributed by atoms with Crippen molar-refractivity contribution in [3.05, 3.63) is 83.9 Å². The number of benzene rings is 2. The number of carbonyl (C=O) groups is 1. The number of ether oxygens (including phenoxy) is 1. The van der Waals surface area contributed by atoms with E-state index >= 15 is 0 Å². The Kier molecular flexibility index (Phi) is 6.12. The summed E-state index contributed by atoms with van der Waals surface area (Å²) in [6, 6.07) is 18.2. The van der Waals surface area contributed by atoms with Crippen molar-refractivity contribution in [1.82, 2.24) is 19.7 Å². The van der Waals surface area contributed by atoms with Crippen LogP contribution in [0.4, 0.5) is 16.2 Å². The maximum atomic E-state index is 12.2. The molecule has 2 N–H and O–H groups in total. The van der Waals surface area contributed by atoms with Crippen LogP contribution in [0.15, 0.2) is 67.0 Å². The van der Waals surface area contributed by atoms with Crippen LogP contribution in [-0.2, 0) is 6.42 Å². The second-order valence-corrected chi connectivity index (χ2v) is 7.31. The Morgan fingerprint density at radius 3 is 2.19 bits per heavy atom. The van der Waals surface area contributed by atoms with Gasteiger partial charge in [-0.3, -0.25) is 0 Å². The van der Waals surface area contributed by atoms with Gasteiger partial charge < -0.3 is 15.4 Å². The molecule has 8 nitrogen and oxygen atoms in total. The minimum atomic E-state index is -0.312. The van der Waals surface area contributed by atoms with Crippen molar-refractivity contribution in [2.75, 3.05) is 10.6 Å². The molecular formula is C24H24N6O2. The monoisotopic (exact) mass is 428 g/mol. The van der Waals surface area contributed by atoms with E-state index in [-0.39, 0.29) is 6.03 Å². The number of aryl methyl sites for hydroxylation is 3. The standard InChI is InChI=1S/C24H24N6O2/c1-4-18-5-7-19(8-6-18)27-24(31)28-20-9-11-21(12-10-20)32-23-14-22(25-15-26-23)30-17(3)13-16(2)29-30/h5-15H,4H2,1-3H3,(H2,27,28,31). The van der Waals surface area contributed by atoms with Crippen molar-refractivity contribution < 1.29 is 9.53 Å². The van der Waals surface area contributed by atoms with E-state index in [9.17, 15) is 4.79 Å². The van der Waals surface area contributed by atoms with Gasteiger partial charge in [0.1, 0.15) is 12.1 Å². The highest BCUT2D eigenvalue weighted by molar-refractivity contribution is 5.99. The quantitative estimate of drug-likeness (QED) is 0.436. The molecule has 2 amide bonds. The molecule has 0 radical (unpaired) electrons. The Morgan fingerprint density at radius 1 is 0.938 bits per heavy atom. The summed E-state index contributed by atoms with van der Waals surface area (Å²) < 4.78 is 7.59. The molecule has 0 aliphatic rings. The smallest absolute Gasteiger partial charge is 0.323 e. The molecule has 0 atom stereocenters. The molecular weight excluding hydrogens is 404 g/mol. The number of aromatic nitrogens is 4. The van der Waals surface area contributed by atoms with Crippen LogP contribution >= 0.6 is 0 Å². The minimum absolute atomic E-state index is 0.312. The van der Waals surface area contributed by atoms with Crippen molar-refractivity contribution in [2.24, 2.45) is 0 Å². The fourth-order valence-electron chi connectivity index (χ4n) is 3.21. The van der Waals surface area contributed by atoms with E-state index < -0.39 is 0 Å². The van der Waals surface area contributed by atoms with Gasteiger partial charge in [-0.15, -0.1) is 0 Å². The molecule has 162 valence electrons. The largest absolute Gasteiger partial charge is 0.439 e. The molecule has 2 heterocycles. The lowest BCUT2D eigenvalue weighted by atomic mass is 10.1. The number of anilines is 2. The van der Waals surface area contributed by atoms with E-state index in [1.807, 2.05) is 44.2 Å². The van der Waals surface area contributed by atoms with Gasteiger partial charge in [0.05, 0.1) is 5.69 Å². The van der Waals surface area contributed by atoms with Gasteiger partial charge in [0.15, 0.2) is 5.82 Å². The third-order valence-electron chi connectivity index (χ3n) is 4.81. The van der Waals surface area contributed by atoms with E-state index in [1.165, 1.54) is 11.9 Å². The molecule has 0 bridgehead atoms. The third-order valence-corrected chi connectivity index (χ3v) is 4.81. The summed E-state index contributed by atoms with van der Waals surface area (Å²) in [5, 5.41) is 10.1. The van der Waals surface area contributed by atoms with Crippen molar-refractivity contribution in [2.45, 2.75) is 27.2 Å². The van der Waals surface area contributed by atoms with E-state index in [0.29, 0.717) is 23.1 Å². The summed E-state index contributed by atoms with van der Waals surface area (Å²) in [7, 11) is 0. The van der Waals surface area contributed by atoms with Gasteiger partial charge in [-0.2, -0.15) is 5.10 Å². The second-order valence-electron chi connectivity index (χ2n) is 7.31. The Balaban J connectivity index is 1.38. The first kappa shape index (κ1) is 21.0. The van der Waals surface area contributed by atoms with Crippen LogP contribution in [0.3, 0.4) is 0 Å². The molecule has 0 aliphatic carbocycles. The maximum Gasteiger partial charge on any atom is 0.323 e. The van der Waals surface area contributed by atoms with Crippen LogP contribution in [0, 0.1) is 13.8 Å². The van der Waals surface area contributed by atoms with E-state index in [0.717, 1.165) is 23.5 Å². The number of nitrogens with one attached hydrogen (secondary N) is 2. The zero-order valence-electron chi connectivity index (χ0n) is 18.2. The molecule has 4 aromatic rings. The van der Waals surface area contributed by atoms with Crippen LogP contribution in [0.5, 0.6) is 11.6 Å². The summed E-state index contributed by atoms with van der Waals surface area (Å²) in [4.78, 5) is 20.7. The Labute approximate surface area is 186 Å². The Morgan fingerprint density at radius 2 is 1.59 bits per heavy atom. The summed E-state index contributed by atoms with van der Waals surface area (Å²) in [6.45, 7) is 5.98. The topological polar surface area (TPSA) is 94.0 Å². The van der Waals surface area contributed by atoms with Gasteiger partial charge >= 0.3 is 6.03 Å². The predicted molar refractivity (Wildman–Crippen MR) is 124 cm³/mol. The van der Waals surface area contributed by atoms with Gasteiger partial charge in [-0.25, -0.2) is 19.4 Å². The Bertz CT molecular complexity index is 1220. The molecule has 8 heteroatoms. The number of carbonyl (C=O) groups excluding carboxylic acids is 1. The fraction of sp³-hybridized carbons (Fsp3) is 0.167. The normalized spacial score (nSPS) is 10.6. The van der Waals surface area contributed by atoms with Crippen molar-refractivity contribution in [3.8, 4) is 17.4 Å². The summed E-state index contributed by atoms with van der Waals surface area (Å²) >= 11 is 0. The molecule has 0 unspecified atom stereocenters. The lowest BCUT2D eigenvalue weighted by molar-refractivity contribution is 0.262. The van der Waals surface area contributed by atoms with Gasteiger partial charge in [-0.1, -0.05) is 19.1 Å². The molecule has 4 rings (SSSR count). The van der Waals surface area contributed by atoms with Crippen LogP contribution in [0.1, 0.15) is 23.9 Å². The molecule has 32 heavy (non-hydrogen) atoms. The van der Waals surface area contributed by atoms with Gasteiger partial charge in [0.25, 0.3) is 0 Å². The number of hydrogen-bond donors (Lipinski definition) is 2.